The van der Waals surface area contributed by atoms with Gasteiger partial charge in [0.15, 0.2) is 0 Å². The lowest BCUT2D eigenvalue weighted by Crippen LogP contribution is -2.46. The van der Waals surface area contributed by atoms with Crippen LogP contribution in [0.5, 0.6) is 0 Å². The summed E-state index contributed by atoms with van der Waals surface area (Å²) in [5.41, 5.74) is 0.961. The second kappa shape index (κ2) is 4.84. The van der Waals surface area contributed by atoms with Crippen molar-refractivity contribution in [3.63, 3.8) is 0 Å². The number of nitrogens with one attached hydrogen (secondary N) is 1. The first-order chi connectivity index (χ1) is 6.63. The summed E-state index contributed by atoms with van der Waals surface area (Å²) in [7, 11) is 0. The van der Waals surface area contributed by atoms with Crippen LogP contribution in [-0.4, -0.2) is 29.9 Å². The van der Waals surface area contributed by atoms with Crippen LogP contribution in [0.25, 0.3) is 0 Å². The number of hydrogen-bond acceptors (Lipinski definition) is 2. The van der Waals surface area contributed by atoms with Gasteiger partial charge in [-0.25, -0.2) is 0 Å². The van der Waals surface area contributed by atoms with Crippen LogP contribution in [-0.2, 0) is 4.79 Å². The summed E-state index contributed by atoms with van der Waals surface area (Å²) in [4.78, 5) is 13.2. The van der Waals surface area contributed by atoms with E-state index in [0.29, 0.717) is 6.04 Å². The molecule has 0 spiro atoms. The highest BCUT2D eigenvalue weighted by atomic mass is 16.2. The first kappa shape index (κ1) is 10.8. The third-order valence-corrected chi connectivity index (χ3v) is 2.36. The van der Waals surface area contributed by atoms with Gasteiger partial charge in [-0.05, 0) is 25.8 Å². The molecule has 3 heteroatoms. The van der Waals surface area contributed by atoms with Crippen molar-refractivity contribution in [2.75, 3.05) is 13.1 Å². The Kier molecular flexibility index (Phi) is 3.74. The highest BCUT2D eigenvalue weighted by molar-refractivity contribution is 5.87. The summed E-state index contributed by atoms with van der Waals surface area (Å²) < 4.78 is 0. The van der Waals surface area contributed by atoms with Gasteiger partial charge >= 0.3 is 0 Å². The van der Waals surface area contributed by atoms with E-state index in [-0.39, 0.29) is 5.91 Å². The van der Waals surface area contributed by atoms with Crippen LogP contribution >= 0.6 is 0 Å². The lowest BCUT2D eigenvalue weighted by Gasteiger charge is -2.33. The van der Waals surface area contributed by atoms with Crippen molar-refractivity contribution >= 4 is 5.91 Å². The number of piperidine rings is 1. The van der Waals surface area contributed by atoms with Gasteiger partial charge in [-0.1, -0.05) is 13.2 Å². The minimum absolute atomic E-state index is 0.0261. The highest BCUT2D eigenvalue weighted by Gasteiger charge is 2.21. The Labute approximate surface area is 85.5 Å². The molecule has 1 fully saturated rings. The first-order valence-electron chi connectivity index (χ1n) is 4.97. The van der Waals surface area contributed by atoms with Gasteiger partial charge in [-0.15, -0.1) is 0 Å². The Morgan fingerprint density at radius 2 is 2.36 bits per heavy atom. The molecule has 1 heterocycles. The molecule has 1 rings (SSSR count). The molecule has 0 saturated carbocycles. The second-order valence-corrected chi connectivity index (χ2v) is 3.75. The van der Waals surface area contributed by atoms with Crippen molar-refractivity contribution in [3.05, 3.63) is 24.9 Å². The van der Waals surface area contributed by atoms with Crippen molar-refractivity contribution in [2.45, 2.75) is 25.8 Å². The fraction of sp³-hybridized carbons (Fsp3) is 0.545. The lowest BCUT2D eigenvalue weighted by atomic mass is 10.1. The predicted molar refractivity (Wildman–Crippen MR) is 57.7 cm³/mol. The van der Waals surface area contributed by atoms with E-state index < -0.39 is 0 Å². The fourth-order valence-corrected chi connectivity index (χ4v) is 1.77. The number of amides is 1. The number of nitrogens with zero attached hydrogens (tertiary/aromatic N) is 1. The molecule has 1 aliphatic rings. The van der Waals surface area contributed by atoms with Gasteiger partial charge in [0.05, 0.1) is 0 Å². The SMILES string of the molecule is C=CC(=O)N1CCCC(NC(=C)C)C1. The zero-order valence-corrected chi connectivity index (χ0v) is 8.75. The van der Waals surface area contributed by atoms with Crippen LogP contribution in [0.3, 0.4) is 0 Å². The third-order valence-electron chi connectivity index (χ3n) is 2.36. The van der Waals surface area contributed by atoms with Gasteiger partial charge in [0, 0.05) is 24.8 Å². The van der Waals surface area contributed by atoms with E-state index >= 15 is 0 Å². The number of hydrogen-bond donors (Lipinski definition) is 1. The van der Waals surface area contributed by atoms with E-state index in [9.17, 15) is 4.79 Å². The molecule has 1 saturated heterocycles. The topological polar surface area (TPSA) is 32.3 Å². The van der Waals surface area contributed by atoms with Crippen molar-refractivity contribution < 1.29 is 4.79 Å². The minimum Gasteiger partial charge on any atom is -0.385 e. The molecule has 1 aliphatic heterocycles. The summed E-state index contributed by atoms with van der Waals surface area (Å²) in [6, 6.07) is 0.352. The first-order valence-corrected chi connectivity index (χ1v) is 4.97. The number of carbonyl (C=O) groups is 1. The third kappa shape index (κ3) is 2.91. The Morgan fingerprint density at radius 1 is 1.64 bits per heavy atom. The Morgan fingerprint density at radius 3 is 2.93 bits per heavy atom. The summed E-state index contributed by atoms with van der Waals surface area (Å²) in [5.74, 6) is 0.0261. The van der Waals surface area contributed by atoms with Crippen LogP contribution in [0.15, 0.2) is 24.9 Å². The second-order valence-electron chi connectivity index (χ2n) is 3.75. The van der Waals surface area contributed by atoms with Gasteiger partial charge in [0.2, 0.25) is 5.91 Å². The van der Waals surface area contributed by atoms with E-state index in [0.717, 1.165) is 31.6 Å². The minimum atomic E-state index is 0.0261. The normalized spacial score (nSPS) is 21.5. The molecular weight excluding hydrogens is 176 g/mol. The molecular formula is C11H18N2O. The van der Waals surface area contributed by atoms with E-state index in [1.165, 1.54) is 6.08 Å². The molecule has 0 aliphatic carbocycles. The molecule has 0 aromatic carbocycles. The molecule has 1 unspecified atom stereocenters. The van der Waals surface area contributed by atoms with Gasteiger partial charge in [-0.3, -0.25) is 4.79 Å². The molecule has 0 aromatic rings. The number of carbonyl (C=O) groups excluding carboxylic acids is 1. The maximum Gasteiger partial charge on any atom is 0.246 e. The summed E-state index contributed by atoms with van der Waals surface area (Å²) in [6.07, 6.45) is 3.53. The van der Waals surface area contributed by atoms with Crippen LogP contribution < -0.4 is 5.32 Å². The standard InChI is InChI=1S/C11H18N2O/c1-4-11(14)13-7-5-6-10(8-13)12-9(2)3/h4,10,12H,1-2,5-8H2,3H3. The summed E-state index contributed by atoms with van der Waals surface area (Å²) in [6.45, 7) is 10.8. The van der Waals surface area contributed by atoms with Gasteiger partial charge < -0.3 is 10.2 Å². The van der Waals surface area contributed by atoms with Crippen LogP contribution in [0.2, 0.25) is 0 Å². The molecule has 1 amide bonds. The van der Waals surface area contributed by atoms with Gasteiger partial charge in [-0.2, -0.15) is 0 Å². The fourth-order valence-electron chi connectivity index (χ4n) is 1.77. The maximum atomic E-state index is 11.4. The zero-order valence-electron chi connectivity index (χ0n) is 8.75. The maximum absolute atomic E-state index is 11.4. The van der Waals surface area contributed by atoms with Crippen LogP contribution in [0.1, 0.15) is 19.8 Å². The average Bonchev–Trinajstić information content (AvgIpc) is 2.16. The molecule has 14 heavy (non-hydrogen) atoms. The van der Waals surface area contributed by atoms with Crippen LogP contribution in [0.4, 0.5) is 0 Å². The molecule has 0 bridgehead atoms. The Bertz CT molecular complexity index is 248. The van der Waals surface area contributed by atoms with Crippen molar-refractivity contribution in [1.29, 1.82) is 0 Å². The molecule has 0 aromatic heterocycles. The monoisotopic (exact) mass is 194 g/mol. The van der Waals surface area contributed by atoms with Gasteiger partial charge in [0.1, 0.15) is 0 Å². The van der Waals surface area contributed by atoms with E-state index in [1.807, 2.05) is 11.8 Å². The van der Waals surface area contributed by atoms with E-state index in [4.69, 9.17) is 0 Å². The number of rotatable bonds is 3. The Balaban J connectivity index is 2.47. The van der Waals surface area contributed by atoms with Crippen LogP contribution in [0, 0.1) is 0 Å². The molecule has 1 atom stereocenters. The Hall–Kier alpha value is -1.25. The zero-order chi connectivity index (χ0) is 10.6. The van der Waals surface area contributed by atoms with Crippen molar-refractivity contribution in [3.8, 4) is 0 Å². The number of allylic oxidation sites excluding steroid dienone is 1. The smallest absolute Gasteiger partial charge is 0.246 e. The molecule has 3 nitrogen and oxygen atoms in total. The largest absolute Gasteiger partial charge is 0.385 e. The van der Waals surface area contributed by atoms with Crippen molar-refractivity contribution in [2.24, 2.45) is 0 Å². The van der Waals surface area contributed by atoms with E-state index in [1.54, 1.807) is 0 Å². The summed E-state index contributed by atoms with van der Waals surface area (Å²) >= 11 is 0. The predicted octanol–water partition coefficient (Wildman–Crippen LogP) is 1.29. The quantitative estimate of drug-likeness (QED) is 0.687. The van der Waals surface area contributed by atoms with Gasteiger partial charge in [0.25, 0.3) is 0 Å². The molecule has 78 valence electrons. The molecule has 1 N–H and O–H groups in total. The number of likely N-dealkylation sites (tertiary alicyclic amines) is 1. The lowest BCUT2D eigenvalue weighted by molar-refractivity contribution is -0.127. The average molecular weight is 194 g/mol. The van der Waals surface area contributed by atoms with Crippen molar-refractivity contribution in [1.82, 2.24) is 10.2 Å². The highest BCUT2D eigenvalue weighted by Crippen LogP contribution is 2.11. The van der Waals surface area contributed by atoms with E-state index in [2.05, 4.69) is 18.5 Å². The summed E-state index contributed by atoms with van der Waals surface area (Å²) in [5, 5.41) is 3.27. The molecule has 0 radical (unpaired) electrons.